The molecule has 1 atom stereocenters. The molecule has 0 saturated carbocycles. The number of nitrogens with zero attached hydrogens (tertiary/aromatic N) is 3. The van der Waals surface area contributed by atoms with E-state index in [4.69, 9.17) is 0 Å². The molecule has 1 aliphatic heterocycles. The van der Waals surface area contributed by atoms with Crippen LogP contribution in [0.25, 0.3) is 12.2 Å². The Kier molecular flexibility index (Phi) is 6.44. The van der Waals surface area contributed by atoms with E-state index in [-0.39, 0.29) is 17.0 Å². The molecule has 1 aliphatic rings. The van der Waals surface area contributed by atoms with E-state index in [0.29, 0.717) is 11.0 Å². The predicted octanol–water partition coefficient (Wildman–Crippen LogP) is 4.00. The number of carbonyl (C=O) groups excluding carboxylic acids is 1. The van der Waals surface area contributed by atoms with Crippen molar-refractivity contribution in [3.63, 3.8) is 0 Å². The topological polar surface area (TPSA) is 61.9 Å². The van der Waals surface area contributed by atoms with Crippen LogP contribution in [-0.4, -0.2) is 44.3 Å². The van der Waals surface area contributed by atoms with Crippen molar-refractivity contribution in [3.8, 4) is 0 Å². The summed E-state index contributed by atoms with van der Waals surface area (Å²) in [5.41, 5.74) is 0.877. The molecule has 1 aromatic carbocycles. The maximum Gasteiger partial charge on any atom is 0.235 e. The summed E-state index contributed by atoms with van der Waals surface area (Å²) in [7, 11) is 0. The number of likely N-dealkylation sites (tertiary alicyclic amines) is 1. The van der Waals surface area contributed by atoms with Gasteiger partial charge in [0.05, 0.1) is 5.25 Å². The molecule has 1 aromatic heterocycles. The van der Waals surface area contributed by atoms with Crippen molar-refractivity contribution in [2.24, 2.45) is 0 Å². The second-order valence-electron chi connectivity index (χ2n) is 6.39. The van der Waals surface area contributed by atoms with Gasteiger partial charge in [0.15, 0.2) is 0 Å². The maximum absolute atomic E-state index is 12.9. The van der Waals surface area contributed by atoms with Crippen molar-refractivity contribution < 1.29 is 9.18 Å². The Labute approximate surface area is 157 Å². The molecule has 2 aromatic rings. The number of thioether (sulfide) groups is 1. The minimum absolute atomic E-state index is 0.158. The van der Waals surface area contributed by atoms with Crippen LogP contribution in [0.5, 0.6) is 0 Å². The summed E-state index contributed by atoms with van der Waals surface area (Å²) in [4.78, 5) is 19.0. The summed E-state index contributed by atoms with van der Waals surface area (Å²) >= 11 is 1.37. The molecule has 1 N–H and O–H groups in total. The van der Waals surface area contributed by atoms with E-state index in [1.165, 1.54) is 36.7 Å². The van der Waals surface area contributed by atoms with Gasteiger partial charge >= 0.3 is 0 Å². The predicted molar refractivity (Wildman–Crippen MR) is 102 cm³/mol. The van der Waals surface area contributed by atoms with Gasteiger partial charge in [-0.25, -0.2) is 9.37 Å². The Hall–Kier alpha value is -2.15. The monoisotopic (exact) mass is 374 g/mol. The van der Waals surface area contributed by atoms with E-state index < -0.39 is 0 Å². The third-order valence-electron chi connectivity index (χ3n) is 4.33. The first kappa shape index (κ1) is 18.6. The first-order valence-electron chi connectivity index (χ1n) is 8.93. The number of hydrogen-bond donors (Lipinski definition) is 1. The summed E-state index contributed by atoms with van der Waals surface area (Å²) in [5.74, 6) is 0.500. The first-order valence-corrected chi connectivity index (χ1v) is 9.81. The largest absolute Gasteiger partial charge is 0.342 e. The smallest absolute Gasteiger partial charge is 0.235 e. The quantitative estimate of drug-likeness (QED) is 0.804. The number of rotatable bonds is 5. The van der Waals surface area contributed by atoms with Gasteiger partial charge in [0.25, 0.3) is 0 Å². The molecule has 3 rings (SSSR count). The molecule has 1 saturated heterocycles. The molecule has 138 valence electrons. The van der Waals surface area contributed by atoms with Crippen LogP contribution < -0.4 is 0 Å². The average molecular weight is 374 g/mol. The number of H-pyrrole nitrogens is 1. The van der Waals surface area contributed by atoms with E-state index in [1.54, 1.807) is 18.2 Å². The highest BCUT2D eigenvalue weighted by molar-refractivity contribution is 8.00. The van der Waals surface area contributed by atoms with E-state index in [9.17, 15) is 9.18 Å². The number of halogens is 1. The Morgan fingerprint density at radius 3 is 2.58 bits per heavy atom. The van der Waals surface area contributed by atoms with Crippen LogP contribution in [-0.2, 0) is 4.79 Å². The Balaban J connectivity index is 1.57. The number of nitrogens with one attached hydrogen (secondary N) is 1. The molecule has 1 amide bonds. The molecule has 26 heavy (non-hydrogen) atoms. The van der Waals surface area contributed by atoms with Gasteiger partial charge in [-0.1, -0.05) is 42.8 Å². The van der Waals surface area contributed by atoms with Crippen molar-refractivity contribution in [1.29, 1.82) is 0 Å². The van der Waals surface area contributed by atoms with Crippen LogP contribution in [0.3, 0.4) is 0 Å². The zero-order chi connectivity index (χ0) is 18.4. The highest BCUT2D eigenvalue weighted by Gasteiger charge is 2.23. The molecule has 5 nitrogen and oxygen atoms in total. The van der Waals surface area contributed by atoms with Crippen molar-refractivity contribution in [2.75, 3.05) is 13.1 Å². The summed E-state index contributed by atoms with van der Waals surface area (Å²) in [5, 5.41) is 7.37. The van der Waals surface area contributed by atoms with Crippen molar-refractivity contribution in [1.82, 2.24) is 20.1 Å². The molecule has 0 spiro atoms. The fourth-order valence-corrected chi connectivity index (χ4v) is 3.71. The van der Waals surface area contributed by atoms with Crippen LogP contribution in [0.1, 0.15) is 44.0 Å². The average Bonchev–Trinajstić information content (AvgIpc) is 2.91. The van der Waals surface area contributed by atoms with Crippen molar-refractivity contribution in [3.05, 3.63) is 41.5 Å². The number of aromatic amines is 1. The van der Waals surface area contributed by atoms with Crippen molar-refractivity contribution in [2.45, 2.75) is 43.0 Å². The molecule has 0 radical (unpaired) electrons. The Morgan fingerprint density at radius 2 is 1.88 bits per heavy atom. The number of hydrogen-bond acceptors (Lipinski definition) is 4. The molecule has 0 aliphatic carbocycles. The molecule has 7 heteroatoms. The summed E-state index contributed by atoms with van der Waals surface area (Å²) in [6.07, 6.45) is 8.20. The minimum Gasteiger partial charge on any atom is -0.342 e. The third kappa shape index (κ3) is 5.17. The molecule has 1 fully saturated rings. The molecule has 0 bridgehead atoms. The number of amides is 1. The van der Waals surface area contributed by atoms with E-state index in [0.717, 1.165) is 31.5 Å². The second kappa shape index (κ2) is 8.98. The second-order valence-corrected chi connectivity index (χ2v) is 7.70. The van der Waals surface area contributed by atoms with Gasteiger partial charge in [-0.05, 0) is 43.5 Å². The Bertz CT molecular complexity index is 751. The van der Waals surface area contributed by atoms with Crippen LogP contribution >= 0.6 is 11.8 Å². The molecular formula is C19H23FN4OS. The van der Waals surface area contributed by atoms with E-state index >= 15 is 0 Å². The van der Waals surface area contributed by atoms with Crippen LogP contribution in [0, 0.1) is 5.82 Å². The summed E-state index contributed by atoms with van der Waals surface area (Å²) < 4.78 is 12.9. The van der Waals surface area contributed by atoms with Crippen LogP contribution in [0.4, 0.5) is 4.39 Å². The lowest BCUT2D eigenvalue weighted by Crippen LogP contribution is -2.37. The number of aromatic nitrogens is 3. The fourth-order valence-electron chi connectivity index (χ4n) is 2.89. The van der Waals surface area contributed by atoms with Gasteiger partial charge in [-0.2, -0.15) is 0 Å². The zero-order valence-electron chi connectivity index (χ0n) is 14.8. The highest BCUT2D eigenvalue weighted by atomic mass is 32.2. The zero-order valence-corrected chi connectivity index (χ0v) is 15.6. The first-order chi connectivity index (χ1) is 12.6. The van der Waals surface area contributed by atoms with Crippen molar-refractivity contribution >= 4 is 29.8 Å². The van der Waals surface area contributed by atoms with Gasteiger partial charge in [0.1, 0.15) is 11.6 Å². The van der Waals surface area contributed by atoms with Gasteiger partial charge < -0.3 is 4.90 Å². The third-order valence-corrected chi connectivity index (χ3v) is 5.28. The van der Waals surface area contributed by atoms with Gasteiger partial charge in [-0.15, -0.1) is 5.10 Å². The highest BCUT2D eigenvalue weighted by Crippen LogP contribution is 2.22. The molecule has 2 heterocycles. The SMILES string of the molecule is CC(Sc1n[nH]c(/C=C/c2ccc(F)cc2)n1)C(=O)N1CCCCCC1. The summed E-state index contributed by atoms with van der Waals surface area (Å²) in [6.45, 7) is 3.61. The summed E-state index contributed by atoms with van der Waals surface area (Å²) in [6, 6.07) is 6.22. The molecule has 1 unspecified atom stereocenters. The Morgan fingerprint density at radius 1 is 1.19 bits per heavy atom. The van der Waals surface area contributed by atoms with Crippen LogP contribution in [0.2, 0.25) is 0 Å². The van der Waals surface area contributed by atoms with Gasteiger partial charge in [0.2, 0.25) is 11.1 Å². The minimum atomic E-state index is -0.261. The standard InChI is InChI=1S/C19H23FN4OS/c1-14(18(25)24-12-4-2-3-5-13-24)26-19-21-17(22-23-19)11-8-15-6-9-16(20)10-7-15/h6-11,14H,2-5,12-13H2,1H3,(H,21,22,23)/b11-8+. The number of carbonyl (C=O) groups is 1. The lowest BCUT2D eigenvalue weighted by Gasteiger charge is -2.23. The van der Waals surface area contributed by atoms with Gasteiger partial charge in [-0.3, -0.25) is 9.89 Å². The van der Waals surface area contributed by atoms with E-state index in [1.807, 2.05) is 17.9 Å². The number of benzene rings is 1. The normalized spacial score (nSPS) is 16.6. The van der Waals surface area contributed by atoms with E-state index in [2.05, 4.69) is 15.2 Å². The lowest BCUT2D eigenvalue weighted by atomic mass is 10.2. The van der Waals surface area contributed by atoms with Gasteiger partial charge in [0, 0.05) is 13.1 Å². The fraction of sp³-hybridized carbons (Fsp3) is 0.421. The van der Waals surface area contributed by atoms with Crippen LogP contribution in [0.15, 0.2) is 29.4 Å². The molecular weight excluding hydrogens is 351 g/mol. The lowest BCUT2D eigenvalue weighted by molar-refractivity contribution is -0.130. The maximum atomic E-state index is 12.9.